The fourth-order valence-corrected chi connectivity index (χ4v) is 2.88. The molecule has 0 aliphatic rings. The minimum Gasteiger partial charge on any atom is -0.496 e. The molecule has 2 aromatic rings. The molecule has 5 heteroatoms. The molecule has 2 aromatic carbocycles. The van der Waals surface area contributed by atoms with E-state index in [0.29, 0.717) is 13.0 Å². The largest absolute Gasteiger partial charge is 0.496 e. The first-order chi connectivity index (χ1) is 12.5. The van der Waals surface area contributed by atoms with Gasteiger partial charge in [0.1, 0.15) is 5.75 Å². The van der Waals surface area contributed by atoms with Crippen LogP contribution in [0, 0.1) is 6.92 Å². The summed E-state index contributed by atoms with van der Waals surface area (Å²) in [6, 6.07) is 15.2. The quantitative estimate of drug-likeness (QED) is 0.766. The third-order valence-electron chi connectivity index (χ3n) is 4.12. The van der Waals surface area contributed by atoms with Crippen molar-refractivity contribution >= 4 is 11.8 Å². The molecule has 0 saturated heterocycles. The number of hydrogen-bond donors (Lipinski definition) is 2. The SMILES string of the molecule is COc1ccc(C)cc1CCNC(=O)C[C@H](NC(C)=O)c1ccccc1. The second-order valence-electron chi connectivity index (χ2n) is 6.28. The van der Waals surface area contributed by atoms with Crippen LogP contribution in [0.4, 0.5) is 0 Å². The van der Waals surface area contributed by atoms with Gasteiger partial charge in [-0.05, 0) is 30.5 Å². The molecule has 0 heterocycles. The van der Waals surface area contributed by atoms with Crippen molar-refractivity contribution in [3.8, 4) is 5.75 Å². The Hall–Kier alpha value is -2.82. The first kappa shape index (κ1) is 19.5. The highest BCUT2D eigenvalue weighted by Crippen LogP contribution is 2.20. The number of nitrogens with one attached hydrogen (secondary N) is 2. The third-order valence-corrected chi connectivity index (χ3v) is 4.12. The molecule has 0 aliphatic heterocycles. The third kappa shape index (κ3) is 5.92. The van der Waals surface area contributed by atoms with Gasteiger partial charge in [-0.25, -0.2) is 0 Å². The lowest BCUT2D eigenvalue weighted by molar-refractivity contribution is -0.122. The first-order valence-electron chi connectivity index (χ1n) is 8.72. The highest BCUT2D eigenvalue weighted by Gasteiger charge is 2.16. The zero-order chi connectivity index (χ0) is 18.9. The Labute approximate surface area is 154 Å². The van der Waals surface area contributed by atoms with Gasteiger partial charge in [-0.1, -0.05) is 48.0 Å². The van der Waals surface area contributed by atoms with Crippen molar-refractivity contribution in [3.05, 3.63) is 65.2 Å². The molecular weight excluding hydrogens is 328 g/mol. The smallest absolute Gasteiger partial charge is 0.222 e. The Bertz CT molecular complexity index is 744. The van der Waals surface area contributed by atoms with Crippen molar-refractivity contribution in [1.82, 2.24) is 10.6 Å². The van der Waals surface area contributed by atoms with E-state index in [4.69, 9.17) is 4.74 Å². The second kappa shape index (κ2) is 9.61. The monoisotopic (exact) mass is 354 g/mol. The molecule has 0 radical (unpaired) electrons. The molecule has 0 saturated carbocycles. The van der Waals surface area contributed by atoms with Gasteiger partial charge in [0.15, 0.2) is 0 Å². The summed E-state index contributed by atoms with van der Waals surface area (Å²) in [7, 11) is 1.64. The summed E-state index contributed by atoms with van der Waals surface area (Å²) in [5.41, 5.74) is 3.13. The van der Waals surface area contributed by atoms with E-state index in [0.717, 1.165) is 22.4 Å². The summed E-state index contributed by atoms with van der Waals surface area (Å²) in [5, 5.41) is 5.77. The zero-order valence-corrected chi connectivity index (χ0v) is 15.5. The van der Waals surface area contributed by atoms with Crippen molar-refractivity contribution < 1.29 is 14.3 Å². The number of carbonyl (C=O) groups excluding carboxylic acids is 2. The Balaban J connectivity index is 1.92. The average molecular weight is 354 g/mol. The van der Waals surface area contributed by atoms with Gasteiger partial charge in [0.25, 0.3) is 0 Å². The molecule has 2 rings (SSSR count). The Morgan fingerprint density at radius 1 is 1.12 bits per heavy atom. The molecule has 2 amide bonds. The lowest BCUT2D eigenvalue weighted by atomic mass is 10.0. The maximum Gasteiger partial charge on any atom is 0.222 e. The van der Waals surface area contributed by atoms with Gasteiger partial charge in [0, 0.05) is 13.5 Å². The maximum absolute atomic E-state index is 12.3. The molecule has 0 aliphatic carbocycles. The summed E-state index contributed by atoms with van der Waals surface area (Å²) in [6.45, 7) is 4.00. The topological polar surface area (TPSA) is 67.4 Å². The molecule has 26 heavy (non-hydrogen) atoms. The summed E-state index contributed by atoms with van der Waals surface area (Å²) < 4.78 is 5.36. The van der Waals surface area contributed by atoms with Crippen LogP contribution in [-0.2, 0) is 16.0 Å². The highest BCUT2D eigenvalue weighted by molar-refractivity contribution is 5.79. The lowest BCUT2D eigenvalue weighted by Gasteiger charge is -2.18. The van der Waals surface area contributed by atoms with E-state index >= 15 is 0 Å². The first-order valence-corrected chi connectivity index (χ1v) is 8.72. The minimum atomic E-state index is -0.331. The van der Waals surface area contributed by atoms with Crippen molar-refractivity contribution in [2.24, 2.45) is 0 Å². The molecule has 0 aromatic heterocycles. The van der Waals surface area contributed by atoms with Gasteiger partial charge in [-0.15, -0.1) is 0 Å². The molecular formula is C21H26N2O3. The molecule has 0 spiro atoms. The summed E-state index contributed by atoms with van der Waals surface area (Å²) in [4.78, 5) is 23.8. The number of benzene rings is 2. The molecule has 1 atom stereocenters. The normalized spacial score (nSPS) is 11.5. The lowest BCUT2D eigenvalue weighted by Crippen LogP contribution is -2.33. The van der Waals surface area contributed by atoms with E-state index in [-0.39, 0.29) is 24.3 Å². The van der Waals surface area contributed by atoms with Crippen molar-refractivity contribution in [1.29, 1.82) is 0 Å². The van der Waals surface area contributed by atoms with Crippen LogP contribution in [0.25, 0.3) is 0 Å². The number of rotatable bonds is 8. The fourth-order valence-electron chi connectivity index (χ4n) is 2.88. The molecule has 138 valence electrons. The maximum atomic E-state index is 12.3. The van der Waals surface area contributed by atoms with E-state index in [1.165, 1.54) is 6.92 Å². The van der Waals surface area contributed by atoms with E-state index in [9.17, 15) is 9.59 Å². The fraction of sp³-hybridized carbons (Fsp3) is 0.333. The molecule has 0 unspecified atom stereocenters. The van der Waals surface area contributed by atoms with Crippen LogP contribution in [-0.4, -0.2) is 25.5 Å². The number of amides is 2. The zero-order valence-electron chi connectivity index (χ0n) is 15.5. The Morgan fingerprint density at radius 3 is 2.50 bits per heavy atom. The molecule has 5 nitrogen and oxygen atoms in total. The molecule has 0 bridgehead atoms. The van der Waals surface area contributed by atoms with Gasteiger partial charge in [-0.3, -0.25) is 9.59 Å². The number of ether oxygens (including phenoxy) is 1. The predicted octanol–water partition coefficient (Wildman–Crippen LogP) is 2.93. The van der Waals surface area contributed by atoms with Crippen LogP contribution < -0.4 is 15.4 Å². The second-order valence-corrected chi connectivity index (χ2v) is 6.28. The van der Waals surface area contributed by atoms with Crippen LogP contribution in [0.2, 0.25) is 0 Å². The standard InChI is InChI=1S/C21H26N2O3/c1-15-9-10-20(26-3)18(13-15)11-12-22-21(25)14-19(23-16(2)24)17-7-5-4-6-8-17/h4-10,13,19H,11-12,14H2,1-3H3,(H,22,25)(H,23,24)/t19-/m0/s1. The van der Waals surface area contributed by atoms with Crippen molar-refractivity contribution in [3.63, 3.8) is 0 Å². The number of methoxy groups -OCH3 is 1. The molecule has 2 N–H and O–H groups in total. The summed E-state index contributed by atoms with van der Waals surface area (Å²) in [6.07, 6.45) is 0.890. The van der Waals surface area contributed by atoms with Crippen LogP contribution in [0.15, 0.2) is 48.5 Å². The van der Waals surface area contributed by atoms with Crippen LogP contribution in [0.3, 0.4) is 0 Å². The summed E-state index contributed by atoms with van der Waals surface area (Å²) >= 11 is 0. The Kier molecular flexibility index (Phi) is 7.21. The highest BCUT2D eigenvalue weighted by atomic mass is 16.5. The van der Waals surface area contributed by atoms with Gasteiger partial charge < -0.3 is 15.4 Å². The number of carbonyl (C=O) groups is 2. The summed E-state index contributed by atoms with van der Waals surface area (Å²) in [5.74, 6) is 0.570. The predicted molar refractivity (Wildman–Crippen MR) is 102 cm³/mol. The Morgan fingerprint density at radius 2 is 1.85 bits per heavy atom. The van der Waals surface area contributed by atoms with E-state index < -0.39 is 0 Å². The minimum absolute atomic E-state index is 0.0979. The number of hydrogen-bond acceptors (Lipinski definition) is 3. The van der Waals surface area contributed by atoms with Crippen LogP contribution in [0.1, 0.15) is 36.1 Å². The average Bonchev–Trinajstić information content (AvgIpc) is 2.62. The van der Waals surface area contributed by atoms with Gasteiger partial charge in [0.2, 0.25) is 11.8 Å². The number of aryl methyl sites for hydroxylation is 1. The van der Waals surface area contributed by atoms with E-state index in [2.05, 4.69) is 16.7 Å². The van der Waals surface area contributed by atoms with Crippen molar-refractivity contribution in [2.45, 2.75) is 32.7 Å². The molecule has 0 fully saturated rings. The van der Waals surface area contributed by atoms with Gasteiger partial charge in [0.05, 0.1) is 19.6 Å². The van der Waals surface area contributed by atoms with Crippen LogP contribution in [0.5, 0.6) is 5.75 Å². The van der Waals surface area contributed by atoms with Crippen molar-refractivity contribution in [2.75, 3.05) is 13.7 Å². The van der Waals surface area contributed by atoms with E-state index in [1.807, 2.05) is 49.4 Å². The van der Waals surface area contributed by atoms with Crippen LogP contribution >= 0.6 is 0 Å². The van der Waals surface area contributed by atoms with Gasteiger partial charge in [-0.2, -0.15) is 0 Å². The van der Waals surface area contributed by atoms with E-state index in [1.54, 1.807) is 7.11 Å². The van der Waals surface area contributed by atoms with Gasteiger partial charge >= 0.3 is 0 Å².